The predicted octanol–water partition coefficient (Wildman–Crippen LogP) is 2.31. The normalized spacial score (nSPS) is 18.6. The van der Waals surface area contributed by atoms with Gasteiger partial charge in [-0.05, 0) is 49.7 Å². The fraction of sp³-hybridized carbons (Fsp3) is 0.476. The van der Waals surface area contributed by atoms with Crippen LogP contribution in [-0.2, 0) is 25.9 Å². The van der Waals surface area contributed by atoms with Crippen molar-refractivity contribution in [3.63, 3.8) is 0 Å². The Kier molecular flexibility index (Phi) is 3.99. The van der Waals surface area contributed by atoms with E-state index in [9.17, 15) is 9.59 Å². The molecule has 1 fully saturated rings. The number of carbonyl (C=O) groups excluding carboxylic acids is 2. The van der Waals surface area contributed by atoms with Gasteiger partial charge >= 0.3 is 0 Å². The van der Waals surface area contributed by atoms with Crippen LogP contribution in [0.5, 0.6) is 0 Å². The van der Waals surface area contributed by atoms with Gasteiger partial charge in [0.15, 0.2) is 5.82 Å². The number of imidazole rings is 1. The van der Waals surface area contributed by atoms with E-state index in [1.165, 1.54) is 11.1 Å². The zero-order valence-electron chi connectivity index (χ0n) is 15.4. The molecule has 1 N–H and O–H groups in total. The van der Waals surface area contributed by atoms with Crippen molar-refractivity contribution in [1.29, 1.82) is 0 Å². The Labute approximate surface area is 158 Å². The van der Waals surface area contributed by atoms with E-state index in [0.717, 1.165) is 50.8 Å². The number of hydrogen-bond donors (Lipinski definition) is 1. The minimum Gasteiger partial charge on any atom is -0.348 e. The SMILES string of the molecule is O=C(NC1CC1)c1nc(C(=O)N2CCc3ccccc3C2)n2c1CCCC2. The van der Waals surface area contributed by atoms with Crippen molar-refractivity contribution >= 4 is 11.8 Å². The summed E-state index contributed by atoms with van der Waals surface area (Å²) in [6.07, 6.45) is 5.83. The van der Waals surface area contributed by atoms with Gasteiger partial charge in [-0.15, -0.1) is 0 Å². The summed E-state index contributed by atoms with van der Waals surface area (Å²) in [4.78, 5) is 32.3. The predicted molar refractivity (Wildman–Crippen MR) is 101 cm³/mol. The Morgan fingerprint density at radius 1 is 1.04 bits per heavy atom. The van der Waals surface area contributed by atoms with Crippen LogP contribution in [0.1, 0.15) is 63.6 Å². The molecule has 6 heteroatoms. The molecule has 1 aliphatic carbocycles. The van der Waals surface area contributed by atoms with Crippen LogP contribution in [0.4, 0.5) is 0 Å². The molecular formula is C21H24N4O2. The van der Waals surface area contributed by atoms with Crippen LogP contribution in [0.3, 0.4) is 0 Å². The molecule has 140 valence electrons. The van der Waals surface area contributed by atoms with E-state index >= 15 is 0 Å². The summed E-state index contributed by atoms with van der Waals surface area (Å²) in [6, 6.07) is 8.58. The summed E-state index contributed by atoms with van der Waals surface area (Å²) < 4.78 is 1.99. The smallest absolute Gasteiger partial charge is 0.290 e. The minimum atomic E-state index is -0.119. The summed E-state index contributed by atoms with van der Waals surface area (Å²) in [6.45, 7) is 2.08. The number of nitrogens with zero attached hydrogens (tertiary/aromatic N) is 3. The number of fused-ring (bicyclic) bond motifs is 2. The van der Waals surface area contributed by atoms with Crippen LogP contribution >= 0.6 is 0 Å². The van der Waals surface area contributed by atoms with Crippen LogP contribution in [-0.4, -0.2) is 38.9 Å². The summed E-state index contributed by atoms with van der Waals surface area (Å²) >= 11 is 0. The van der Waals surface area contributed by atoms with Gasteiger partial charge < -0.3 is 14.8 Å². The van der Waals surface area contributed by atoms with Crippen molar-refractivity contribution < 1.29 is 9.59 Å². The van der Waals surface area contributed by atoms with Crippen LogP contribution in [0.2, 0.25) is 0 Å². The van der Waals surface area contributed by atoms with Gasteiger partial charge in [0.1, 0.15) is 5.69 Å². The highest BCUT2D eigenvalue weighted by Gasteiger charge is 2.32. The topological polar surface area (TPSA) is 67.2 Å². The molecule has 0 atom stereocenters. The second kappa shape index (κ2) is 6.51. The maximum absolute atomic E-state index is 13.3. The molecule has 1 aromatic heterocycles. The highest BCUT2D eigenvalue weighted by molar-refractivity contribution is 5.97. The molecule has 1 saturated carbocycles. The molecule has 27 heavy (non-hydrogen) atoms. The average molecular weight is 364 g/mol. The molecule has 2 aliphatic heterocycles. The van der Waals surface area contributed by atoms with Crippen molar-refractivity contribution in [2.75, 3.05) is 6.54 Å². The van der Waals surface area contributed by atoms with Crippen LogP contribution in [0.25, 0.3) is 0 Å². The fourth-order valence-electron chi connectivity index (χ4n) is 4.18. The van der Waals surface area contributed by atoms with Crippen molar-refractivity contribution in [1.82, 2.24) is 19.8 Å². The molecule has 0 spiro atoms. The number of aromatic nitrogens is 2. The standard InChI is InChI=1S/C21H24N4O2/c26-20(22-16-8-9-16)18-17-7-3-4-11-25(17)19(23-18)21(27)24-12-10-14-5-1-2-6-15(14)13-24/h1-2,5-6,16H,3-4,7-13H2,(H,22,26). The lowest BCUT2D eigenvalue weighted by atomic mass is 10.00. The third-order valence-electron chi connectivity index (χ3n) is 5.85. The molecular weight excluding hydrogens is 340 g/mol. The first-order valence-corrected chi connectivity index (χ1v) is 9.97. The van der Waals surface area contributed by atoms with Gasteiger partial charge in [-0.1, -0.05) is 24.3 Å². The van der Waals surface area contributed by atoms with E-state index in [1.807, 2.05) is 21.6 Å². The molecule has 5 rings (SSSR count). The maximum atomic E-state index is 13.3. The molecule has 3 heterocycles. The van der Waals surface area contributed by atoms with E-state index in [2.05, 4.69) is 22.4 Å². The van der Waals surface area contributed by atoms with Crippen LogP contribution < -0.4 is 5.32 Å². The molecule has 0 saturated heterocycles. The molecule has 0 bridgehead atoms. The first-order valence-electron chi connectivity index (χ1n) is 9.97. The van der Waals surface area contributed by atoms with E-state index in [-0.39, 0.29) is 17.9 Å². The summed E-state index contributed by atoms with van der Waals surface area (Å²) in [5, 5.41) is 3.03. The van der Waals surface area contributed by atoms with E-state index < -0.39 is 0 Å². The highest BCUT2D eigenvalue weighted by atomic mass is 16.2. The van der Waals surface area contributed by atoms with Crippen molar-refractivity contribution in [2.45, 2.75) is 57.7 Å². The largest absolute Gasteiger partial charge is 0.348 e. The van der Waals surface area contributed by atoms with Crippen molar-refractivity contribution in [2.24, 2.45) is 0 Å². The van der Waals surface area contributed by atoms with Crippen LogP contribution in [0.15, 0.2) is 24.3 Å². The summed E-state index contributed by atoms with van der Waals surface area (Å²) in [5.74, 6) is 0.259. The number of hydrogen-bond acceptors (Lipinski definition) is 3. The molecule has 2 aromatic rings. The molecule has 3 aliphatic rings. The first kappa shape index (κ1) is 16.5. The third-order valence-corrected chi connectivity index (χ3v) is 5.85. The van der Waals surface area contributed by atoms with Gasteiger partial charge in [0, 0.05) is 25.7 Å². The quantitative estimate of drug-likeness (QED) is 0.909. The third kappa shape index (κ3) is 3.03. The Balaban J connectivity index is 1.45. The molecule has 2 amide bonds. The van der Waals surface area contributed by atoms with E-state index in [0.29, 0.717) is 24.6 Å². The number of nitrogens with one attached hydrogen (secondary N) is 1. The lowest BCUT2D eigenvalue weighted by Crippen LogP contribution is -2.37. The van der Waals surface area contributed by atoms with E-state index in [1.54, 1.807) is 0 Å². The number of amides is 2. The Morgan fingerprint density at radius 2 is 1.85 bits per heavy atom. The second-order valence-electron chi connectivity index (χ2n) is 7.83. The monoisotopic (exact) mass is 364 g/mol. The highest BCUT2D eigenvalue weighted by Crippen LogP contribution is 2.26. The van der Waals surface area contributed by atoms with Gasteiger partial charge in [0.2, 0.25) is 0 Å². The van der Waals surface area contributed by atoms with Gasteiger partial charge in [-0.25, -0.2) is 4.98 Å². The minimum absolute atomic E-state index is 0.0573. The van der Waals surface area contributed by atoms with Gasteiger partial charge in [-0.2, -0.15) is 0 Å². The Morgan fingerprint density at radius 3 is 2.67 bits per heavy atom. The summed E-state index contributed by atoms with van der Waals surface area (Å²) in [7, 11) is 0. The zero-order chi connectivity index (χ0) is 18.4. The lowest BCUT2D eigenvalue weighted by Gasteiger charge is -2.29. The van der Waals surface area contributed by atoms with Gasteiger partial charge in [0.05, 0.1) is 5.69 Å². The Bertz CT molecular complexity index is 913. The van der Waals surface area contributed by atoms with Gasteiger partial charge in [0.25, 0.3) is 11.8 Å². The molecule has 0 unspecified atom stereocenters. The second-order valence-corrected chi connectivity index (χ2v) is 7.83. The molecule has 6 nitrogen and oxygen atoms in total. The number of benzene rings is 1. The maximum Gasteiger partial charge on any atom is 0.290 e. The molecule has 0 radical (unpaired) electrons. The average Bonchev–Trinajstić information content (AvgIpc) is 3.44. The van der Waals surface area contributed by atoms with Crippen molar-refractivity contribution in [3.05, 3.63) is 52.6 Å². The fourth-order valence-corrected chi connectivity index (χ4v) is 4.18. The number of carbonyl (C=O) groups is 2. The van der Waals surface area contributed by atoms with E-state index in [4.69, 9.17) is 0 Å². The molecule has 1 aromatic carbocycles. The first-order chi connectivity index (χ1) is 13.2. The lowest BCUT2D eigenvalue weighted by molar-refractivity contribution is 0.0716. The number of rotatable bonds is 3. The Hall–Kier alpha value is -2.63. The summed E-state index contributed by atoms with van der Waals surface area (Å²) in [5.41, 5.74) is 3.91. The van der Waals surface area contributed by atoms with Gasteiger partial charge in [-0.3, -0.25) is 9.59 Å². The van der Waals surface area contributed by atoms with Crippen LogP contribution in [0, 0.1) is 0 Å². The van der Waals surface area contributed by atoms with Crippen molar-refractivity contribution in [3.8, 4) is 0 Å². The zero-order valence-corrected chi connectivity index (χ0v) is 15.4.